The molecule has 0 N–H and O–H groups in total. The van der Waals surface area contributed by atoms with Crippen molar-refractivity contribution in [3.8, 4) is 25.7 Å². The highest BCUT2D eigenvalue weighted by Gasteiger charge is 1.99. The summed E-state index contributed by atoms with van der Waals surface area (Å²) in [4.78, 5) is 3.70. The monoisotopic (exact) mass is 279 g/mol. The normalized spacial score (nSPS) is 7.60. The van der Waals surface area contributed by atoms with E-state index in [1.165, 1.54) is 12.1 Å². The zero-order valence-electron chi connectivity index (χ0n) is 12.3. The second kappa shape index (κ2) is 19.2. The molecule has 0 radical (unpaired) electrons. The quantitative estimate of drug-likeness (QED) is 0.427. The minimum atomic E-state index is -0.512. The van der Waals surface area contributed by atoms with Gasteiger partial charge in [0.15, 0.2) is 0 Å². The van der Waals surface area contributed by atoms with E-state index in [1.807, 2.05) is 13.8 Å². The summed E-state index contributed by atoms with van der Waals surface area (Å²) in [6, 6.07) is 3.61. The van der Waals surface area contributed by atoms with E-state index in [2.05, 4.69) is 37.4 Å². The highest BCUT2D eigenvalue weighted by atomic mass is 19.1. The van der Waals surface area contributed by atoms with Crippen molar-refractivity contribution in [2.24, 2.45) is 4.99 Å². The van der Waals surface area contributed by atoms with Gasteiger partial charge < -0.3 is 4.99 Å². The van der Waals surface area contributed by atoms with Crippen LogP contribution in [0.4, 0.5) is 8.78 Å². The zero-order valence-corrected chi connectivity index (χ0v) is 12.3. The molecule has 1 aromatic rings. The number of rotatable bonds is 5. The Morgan fingerprint density at radius 1 is 0.950 bits per heavy atom. The third-order valence-corrected chi connectivity index (χ3v) is 1.95. The van der Waals surface area contributed by atoms with Crippen LogP contribution in [0.15, 0.2) is 23.2 Å². The van der Waals surface area contributed by atoms with Crippen molar-refractivity contribution in [3.05, 3.63) is 35.4 Å². The maximum Gasteiger partial charge on any atom is 0.126 e. The van der Waals surface area contributed by atoms with Gasteiger partial charge in [-0.25, -0.2) is 8.78 Å². The molecular formula is C17H23F2N. The van der Waals surface area contributed by atoms with Crippen molar-refractivity contribution < 1.29 is 8.78 Å². The molecule has 0 fully saturated rings. The predicted octanol–water partition coefficient (Wildman–Crippen LogP) is 4.51. The standard InChI is InChI=1S/C11H13F2N.C2H6.2C2H2/c1-14-5-3-2-4-9-6-10(12)8-11(13)7-9;3*1-2/h6-8H,1-5H2;1-2H3;2*1-2H. The first-order valence-electron chi connectivity index (χ1n) is 6.26. The molecule has 20 heavy (non-hydrogen) atoms. The van der Waals surface area contributed by atoms with E-state index in [-0.39, 0.29) is 0 Å². The lowest BCUT2D eigenvalue weighted by atomic mass is 10.1. The maximum atomic E-state index is 12.7. The number of halogens is 2. The number of terminal acetylenes is 2. The molecule has 3 heteroatoms. The summed E-state index contributed by atoms with van der Waals surface area (Å²) in [5.41, 5.74) is 0.701. The summed E-state index contributed by atoms with van der Waals surface area (Å²) in [5, 5.41) is 0. The van der Waals surface area contributed by atoms with Gasteiger partial charge in [0.25, 0.3) is 0 Å². The van der Waals surface area contributed by atoms with Crippen LogP contribution in [0.2, 0.25) is 0 Å². The van der Waals surface area contributed by atoms with Crippen molar-refractivity contribution in [1.82, 2.24) is 0 Å². The second-order valence-electron chi connectivity index (χ2n) is 3.18. The Kier molecular flexibility index (Phi) is 22.1. The van der Waals surface area contributed by atoms with Crippen LogP contribution in [0.3, 0.4) is 0 Å². The molecular weight excluding hydrogens is 256 g/mol. The van der Waals surface area contributed by atoms with Crippen LogP contribution in [0.1, 0.15) is 32.3 Å². The van der Waals surface area contributed by atoms with E-state index in [0.29, 0.717) is 18.5 Å². The number of unbranched alkanes of at least 4 members (excludes halogenated alkanes) is 1. The summed E-state index contributed by atoms with van der Waals surface area (Å²) in [5.74, 6) is -1.02. The zero-order chi connectivity index (χ0) is 16.4. The topological polar surface area (TPSA) is 12.4 Å². The van der Waals surface area contributed by atoms with Crippen LogP contribution >= 0.6 is 0 Å². The molecule has 0 spiro atoms. The fourth-order valence-electron chi connectivity index (χ4n) is 1.31. The summed E-state index contributed by atoms with van der Waals surface area (Å²) in [6.07, 6.45) is 18.5. The van der Waals surface area contributed by atoms with Gasteiger partial charge in [-0.3, -0.25) is 0 Å². The highest BCUT2D eigenvalue weighted by molar-refractivity contribution is 5.23. The van der Waals surface area contributed by atoms with Crippen LogP contribution in [-0.2, 0) is 6.42 Å². The van der Waals surface area contributed by atoms with Crippen LogP contribution in [0.5, 0.6) is 0 Å². The molecule has 110 valence electrons. The number of aryl methyl sites for hydroxylation is 1. The Labute approximate surface area is 122 Å². The van der Waals surface area contributed by atoms with E-state index in [4.69, 9.17) is 0 Å². The third-order valence-electron chi connectivity index (χ3n) is 1.95. The minimum Gasteiger partial charge on any atom is -0.301 e. The van der Waals surface area contributed by atoms with Crippen molar-refractivity contribution >= 4 is 6.72 Å². The van der Waals surface area contributed by atoms with E-state index in [0.717, 1.165) is 18.9 Å². The number of hydrogen-bond donors (Lipinski definition) is 0. The van der Waals surface area contributed by atoms with Crippen molar-refractivity contribution in [3.63, 3.8) is 0 Å². The van der Waals surface area contributed by atoms with Crippen molar-refractivity contribution in [1.29, 1.82) is 0 Å². The number of benzene rings is 1. The van der Waals surface area contributed by atoms with Crippen LogP contribution in [0, 0.1) is 37.3 Å². The summed E-state index contributed by atoms with van der Waals surface area (Å²) < 4.78 is 25.5. The van der Waals surface area contributed by atoms with E-state index < -0.39 is 11.6 Å². The van der Waals surface area contributed by atoms with E-state index in [1.54, 1.807) is 0 Å². The van der Waals surface area contributed by atoms with Gasteiger partial charge in [0, 0.05) is 12.6 Å². The predicted molar refractivity (Wildman–Crippen MR) is 84.8 cm³/mol. The molecule has 1 aromatic carbocycles. The van der Waals surface area contributed by atoms with Gasteiger partial charge >= 0.3 is 0 Å². The number of aliphatic imine (C=N–C) groups is 1. The number of hydrogen-bond acceptors (Lipinski definition) is 1. The lowest BCUT2D eigenvalue weighted by Gasteiger charge is -2.01. The summed E-state index contributed by atoms with van der Waals surface area (Å²) >= 11 is 0. The van der Waals surface area contributed by atoms with Crippen LogP contribution < -0.4 is 0 Å². The van der Waals surface area contributed by atoms with Gasteiger partial charge in [-0.15, -0.1) is 25.7 Å². The lowest BCUT2D eigenvalue weighted by Crippen LogP contribution is -1.90. The second-order valence-corrected chi connectivity index (χ2v) is 3.18. The molecule has 0 bridgehead atoms. The Balaban J connectivity index is -0.000000425. The minimum absolute atomic E-state index is 0.512. The molecule has 1 rings (SSSR count). The summed E-state index contributed by atoms with van der Waals surface area (Å²) in [7, 11) is 0. The SMILES string of the molecule is C#C.C#C.C=NCCCCc1cc(F)cc(F)c1.CC. The largest absolute Gasteiger partial charge is 0.301 e. The highest BCUT2D eigenvalue weighted by Crippen LogP contribution is 2.10. The van der Waals surface area contributed by atoms with E-state index >= 15 is 0 Å². The average Bonchev–Trinajstić information content (AvgIpc) is 2.49. The molecule has 0 aliphatic carbocycles. The number of nitrogens with zero attached hydrogens (tertiary/aromatic N) is 1. The smallest absolute Gasteiger partial charge is 0.126 e. The molecule has 0 heterocycles. The fraction of sp³-hybridized carbons (Fsp3) is 0.353. The fourth-order valence-corrected chi connectivity index (χ4v) is 1.31. The van der Waals surface area contributed by atoms with Crippen LogP contribution in [-0.4, -0.2) is 13.3 Å². The van der Waals surface area contributed by atoms with Crippen molar-refractivity contribution in [2.45, 2.75) is 33.1 Å². The Bertz CT molecular complexity index is 355. The summed E-state index contributed by atoms with van der Waals surface area (Å²) in [6.45, 7) is 8.07. The molecule has 0 atom stereocenters. The van der Waals surface area contributed by atoms with Crippen LogP contribution in [0.25, 0.3) is 0 Å². The van der Waals surface area contributed by atoms with Gasteiger partial charge in [-0.05, 0) is 43.7 Å². The Morgan fingerprint density at radius 2 is 1.40 bits per heavy atom. The first-order chi connectivity index (χ1) is 9.72. The first-order valence-corrected chi connectivity index (χ1v) is 6.26. The molecule has 0 unspecified atom stereocenters. The molecule has 0 saturated carbocycles. The Morgan fingerprint density at radius 3 is 1.80 bits per heavy atom. The molecule has 0 amide bonds. The van der Waals surface area contributed by atoms with Gasteiger partial charge in [0.05, 0.1) is 0 Å². The van der Waals surface area contributed by atoms with Gasteiger partial charge in [-0.2, -0.15) is 0 Å². The molecule has 0 aromatic heterocycles. The molecule has 0 aliphatic heterocycles. The van der Waals surface area contributed by atoms with Gasteiger partial charge in [0.2, 0.25) is 0 Å². The Hall–Kier alpha value is -2.13. The first kappa shape index (κ1) is 23.0. The van der Waals surface area contributed by atoms with E-state index in [9.17, 15) is 8.78 Å². The lowest BCUT2D eigenvalue weighted by molar-refractivity contribution is 0.578. The third kappa shape index (κ3) is 13.9. The van der Waals surface area contributed by atoms with Gasteiger partial charge in [0.1, 0.15) is 11.6 Å². The average molecular weight is 279 g/mol. The molecule has 1 nitrogen and oxygen atoms in total. The van der Waals surface area contributed by atoms with Crippen molar-refractivity contribution in [2.75, 3.05) is 6.54 Å². The maximum absolute atomic E-state index is 12.7. The van der Waals surface area contributed by atoms with Gasteiger partial charge in [-0.1, -0.05) is 13.8 Å². The molecule has 0 saturated heterocycles. The molecule has 0 aliphatic rings.